The molecule has 136 valence electrons. The van der Waals surface area contributed by atoms with Crippen molar-refractivity contribution in [2.24, 2.45) is 11.8 Å². The molecule has 1 aromatic heterocycles. The summed E-state index contributed by atoms with van der Waals surface area (Å²) in [6, 6.07) is 10.8. The van der Waals surface area contributed by atoms with Crippen LogP contribution in [0.15, 0.2) is 30.3 Å². The van der Waals surface area contributed by atoms with Crippen LogP contribution in [0.2, 0.25) is 0 Å². The molecule has 5 rings (SSSR count). The monoisotopic (exact) mass is 351 g/mol. The average Bonchev–Trinajstić information content (AvgIpc) is 3.20. The number of aromatic nitrogens is 3. The largest absolute Gasteiger partial charge is 0.345 e. The second kappa shape index (κ2) is 6.50. The maximum Gasteiger partial charge on any atom is 0.289 e. The number of nitrogens with one attached hydrogen (secondary N) is 1. The summed E-state index contributed by atoms with van der Waals surface area (Å²) in [4.78, 5) is 15.3. The molecule has 2 aliphatic heterocycles. The molecular weight excluding hydrogens is 326 g/mol. The lowest BCUT2D eigenvalue weighted by atomic mass is 9.89. The number of rotatable bonds is 4. The quantitative estimate of drug-likeness (QED) is 0.913. The molecule has 1 saturated carbocycles. The van der Waals surface area contributed by atoms with Crippen molar-refractivity contribution in [3.63, 3.8) is 0 Å². The Bertz CT molecular complexity index is 798. The van der Waals surface area contributed by atoms with Crippen molar-refractivity contribution in [3.05, 3.63) is 47.5 Å². The summed E-state index contributed by atoms with van der Waals surface area (Å²) in [5.74, 6) is 2.62. The van der Waals surface area contributed by atoms with E-state index in [1.807, 2.05) is 30.3 Å². The fraction of sp³-hybridized carbons (Fsp3) is 0.550. The minimum atomic E-state index is -0.125. The number of nitrogens with zero attached hydrogens (tertiary/aromatic N) is 4. The van der Waals surface area contributed by atoms with Crippen molar-refractivity contribution in [1.82, 2.24) is 25.0 Å². The van der Waals surface area contributed by atoms with Gasteiger partial charge in [0, 0.05) is 38.6 Å². The van der Waals surface area contributed by atoms with Gasteiger partial charge >= 0.3 is 0 Å². The first-order valence-electron chi connectivity index (χ1n) is 9.76. The van der Waals surface area contributed by atoms with E-state index in [0.717, 1.165) is 36.9 Å². The Balaban J connectivity index is 1.27. The normalized spacial score (nSPS) is 25.4. The van der Waals surface area contributed by atoms with E-state index in [1.54, 1.807) is 0 Å². The van der Waals surface area contributed by atoms with Crippen LogP contribution in [0.4, 0.5) is 0 Å². The van der Waals surface area contributed by atoms with Crippen molar-refractivity contribution in [2.75, 3.05) is 13.1 Å². The predicted molar refractivity (Wildman–Crippen MR) is 97.5 cm³/mol. The molecular formula is C20H25N5O. The zero-order valence-corrected chi connectivity index (χ0v) is 15.0. The first kappa shape index (κ1) is 16.0. The number of amides is 1. The molecule has 3 heterocycles. The van der Waals surface area contributed by atoms with Crippen LogP contribution in [-0.4, -0.2) is 44.7 Å². The average molecular weight is 351 g/mol. The zero-order chi connectivity index (χ0) is 17.5. The van der Waals surface area contributed by atoms with E-state index < -0.39 is 0 Å². The molecule has 0 spiro atoms. The molecule has 0 unspecified atom stereocenters. The summed E-state index contributed by atoms with van der Waals surface area (Å²) in [5.41, 5.74) is 1.09. The van der Waals surface area contributed by atoms with Gasteiger partial charge in [-0.25, -0.2) is 0 Å². The molecule has 1 aromatic carbocycles. The van der Waals surface area contributed by atoms with Crippen LogP contribution in [0.25, 0.3) is 0 Å². The van der Waals surface area contributed by atoms with E-state index in [2.05, 4.69) is 25.0 Å². The van der Waals surface area contributed by atoms with E-state index in [0.29, 0.717) is 24.2 Å². The highest BCUT2D eigenvalue weighted by atomic mass is 16.2. The first-order chi connectivity index (χ1) is 12.8. The molecule has 2 aromatic rings. The van der Waals surface area contributed by atoms with Gasteiger partial charge in [-0.2, -0.15) is 0 Å². The SMILES string of the molecule is O=C(NCc1ccccc1)c1nnc2n1C[C@H]1CN(C3CCC3)C[C@H]1C2. The van der Waals surface area contributed by atoms with Gasteiger partial charge in [-0.15, -0.1) is 10.2 Å². The third-order valence-corrected chi connectivity index (χ3v) is 6.38. The van der Waals surface area contributed by atoms with Gasteiger partial charge in [0.15, 0.2) is 0 Å². The number of carbonyl (C=O) groups excluding carboxylic acids is 1. The van der Waals surface area contributed by atoms with Crippen molar-refractivity contribution in [3.8, 4) is 0 Å². The van der Waals surface area contributed by atoms with Gasteiger partial charge in [0.25, 0.3) is 5.91 Å². The summed E-state index contributed by atoms with van der Waals surface area (Å²) in [6.07, 6.45) is 5.05. The van der Waals surface area contributed by atoms with Crippen LogP contribution >= 0.6 is 0 Å². The highest BCUT2D eigenvalue weighted by Gasteiger charge is 2.41. The van der Waals surface area contributed by atoms with Gasteiger partial charge in [0.05, 0.1) is 0 Å². The Morgan fingerprint density at radius 2 is 1.88 bits per heavy atom. The Kier molecular flexibility index (Phi) is 4.00. The Morgan fingerprint density at radius 3 is 2.65 bits per heavy atom. The number of carbonyl (C=O) groups is 1. The summed E-state index contributed by atoms with van der Waals surface area (Å²) < 4.78 is 2.06. The van der Waals surface area contributed by atoms with E-state index >= 15 is 0 Å². The van der Waals surface area contributed by atoms with Gasteiger partial charge in [0.2, 0.25) is 5.82 Å². The minimum absolute atomic E-state index is 0.125. The molecule has 1 aliphatic carbocycles. The van der Waals surface area contributed by atoms with E-state index in [1.165, 1.54) is 25.8 Å². The summed E-state index contributed by atoms with van der Waals surface area (Å²) in [5, 5.41) is 11.5. The van der Waals surface area contributed by atoms with Crippen LogP contribution in [0.5, 0.6) is 0 Å². The molecule has 6 nitrogen and oxygen atoms in total. The van der Waals surface area contributed by atoms with Crippen molar-refractivity contribution < 1.29 is 4.79 Å². The molecule has 2 atom stereocenters. The van der Waals surface area contributed by atoms with E-state index in [9.17, 15) is 4.79 Å². The van der Waals surface area contributed by atoms with Gasteiger partial charge < -0.3 is 9.88 Å². The lowest BCUT2D eigenvalue weighted by molar-refractivity contribution is 0.0932. The number of likely N-dealkylation sites (tertiary alicyclic amines) is 1. The van der Waals surface area contributed by atoms with Crippen LogP contribution in [0, 0.1) is 11.8 Å². The van der Waals surface area contributed by atoms with E-state index in [-0.39, 0.29) is 5.91 Å². The first-order valence-corrected chi connectivity index (χ1v) is 9.76. The topological polar surface area (TPSA) is 63.1 Å². The predicted octanol–water partition coefficient (Wildman–Crippen LogP) is 1.86. The molecule has 1 N–H and O–H groups in total. The smallest absolute Gasteiger partial charge is 0.289 e. The Hall–Kier alpha value is -2.21. The third kappa shape index (κ3) is 2.82. The fourth-order valence-corrected chi connectivity index (χ4v) is 4.64. The highest BCUT2D eigenvalue weighted by Crippen LogP contribution is 2.37. The fourth-order valence-electron chi connectivity index (χ4n) is 4.64. The molecule has 2 fully saturated rings. The maximum absolute atomic E-state index is 12.6. The van der Waals surface area contributed by atoms with Gasteiger partial charge in [-0.3, -0.25) is 9.69 Å². The molecule has 6 heteroatoms. The van der Waals surface area contributed by atoms with Crippen LogP contribution in [0.1, 0.15) is 41.3 Å². The number of hydrogen-bond donors (Lipinski definition) is 1. The Morgan fingerprint density at radius 1 is 1.08 bits per heavy atom. The van der Waals surface area contributed by atoms with Crippen molar-refractivity contribution >= 4 is 5.91 Å². The van der Waals surface area contributed by atoms with Crippen molar-refractivity contribution in [2.45, 2.75) is 44.8 Å². The minimum Gasteiger partial charge on any atom is -0.345 e. The zero-order valence-electron chi connectivity index (χ0n) is 15.0. The lowest BCUT2D eigenvalue weighted by Crippen LogP contribution is -2.38. The third-order valence-electron chi connectivity index (χ3n) is 6.38. The number of fused-ring (bicyclic) bond motifs is 2. The number of hydrogen-bond acceptors (Lipinski definition) is 4. The molecule has 0 bridgehead atoms. The number of benzene rings is 1. The van der Waals surface area contributed by atoms with Gasteiger partial charge in [0.1, 0.15) is 5.82 Å². The molecule has 3 aliphatic rings. The van der Waals surface area contributed by atoms with Crippen molar-refractivity contribution in [1.29, 1.82) is 0 Å². The summed E-state index contributed by atoms with van der Waals surface area (Å²) in [6.45, 7) is 3.75. The molecule has 1 saturated heterocycles. The molecule has 26 heavy (non-hydrogen) atoms. The Labute approximate surface area is 153 Å². The van der Waals surface area contributed by atoms with E-state index in [4.69, 9.17) is 0 Å². The van der Waals surface area contributed by atoms with Crippen LogP contribution < -0.4 is 5.32 Å². The maximum atomic E-state index is 12.6. The highest BCUT2D eigenvalue weighted by molar-refractivity contribution is 5.90. The van der Waals surface area contributed by atoms with Crippen LogP contribution in [0.3, 0.4) is 0 Å². The van der Waals surface area contributed by atoms with Gasteiger partial charge in [-0.05, 0) is 30.2 Å². The van der Waals surface area contributed by atoms with Crippen LogP contribution in [-0.2, 0) is 19.5 Å². The molecule has 1 amide bonds. The van der Waals surface area contributed by atoms with Gasteiger partial charge in [-0.1, -0.05) is 36.8 Å². The summed E-state index contributed by atoms with van der Waals surface area (Å²) in [7, 11) is 0. The summed E-state index contributed by atoms with van der Waals surface area (Å²) >= 11 is 0. The second-order valence-electron chi connectivity index (χ2n) is 7.98. The standard InChI is InChI=1S/C20H25N5O/c26-20(21-10-14-5-2-1-3-6-14)19-23-22-18-9-15-11-24(17-7-4-8-17)12-16(15)13-25(18)19/h1-3,5-6,15-17H,4,7-13H2,(H,21,26)/t15-,16-/m1/s1. The lowest BCUT2D eigenvalue weighted by Gasteiger charge is -2.34. The molecule has 0 radical (unpaired) electrons. The second-order valence-corrected chi connectivity index (χ2v) is 7.98.